The van der Waals surface area contributed by atoms with E-state index < -0.39 is 6.04 Å². The normalized spacial score (nSPS) is 14.3. The summed E-state index contributed by atoms with van der Waals surface area (Å²) in [4.78, 5) is 36.4. The Hall–Kier alpha value is -2.71. The molecule has 33 heavy (non-hydrogen) atoms. The molecule has 4 rings (SSSR count). The number of carbonyl (C=O) groups is 1. The molecule has 0 radical (unpaired) electrons. The molecule has 176 valence electrons. The number of fused-ring (bicyclic) bond motifs is 3. The van der Waals surface area contributed by atoms with Crippen LogP contribution in [-0.2, 0) is 24.2 Å². The van der Waals surface area contributed by atoms with E-state index in [-0.39, 0.29) is 11.5 Å². The Morgan fingerprint density at radius 1 is 1.24 bits per heavy atom. The van der Waals surface area contributed by atoms with Gasteiger partial charge < -0.3 is 10.1 Å². The smallest absolute Gasteiger partial charge is 0.263 e. The molecular weight excluding hydrogens is 436 g/mol. The predicted octanol–water partition coefficient (Wildman–Crippen LogP) is 4.39. The van der Waals surface area contributed by atoms with Crippen molar-refractivity contribution >= 4 is 33.1 Å². The van der Waals surface area contributed by atoms with E-state index in [2.05, 4.69) is 24.1 Å². The second-order valence-electron chi connectivity index (χ2n) is 8.42. The minimum absolute atomic E-state index is 0.107. The zero-order valence-corrected chi connectivity index (χ0v) is 20.6. The number of rotatable bonds is 8. The SMILES string of the molecule is CCN(CC)Cc1nc2sc3c(c2c(=O)n1C(C)C(=O)Nc1ccccc1OC)CCCC3. The van der Waals surface area contributed by atoms with Crippen molar-refractivity contribution in [2.75, 3.05) is 25.5 Å². The fourth-order valence-electron chi connectivity index (χ4n) is 4.52. The van der Waals surface area contributed by atoms with E-state index in [4.69, 9.17) is 9.72 Å². The maximum atomic E-state index is 13.9. The first kappa shape index (κ1) is 23.4. The number of anilines is 1. The predicted molar refractivity (Wildman–Crippen MR) is 133 cm³/mol. The fourth-order valence-corrected chi connectivity index (χ4v) is 5.79. The van der Waals surface area contributed by atoms with Gasteiger partial charge in [-0.2, -0.15) is 0 Å². The molecule has 7 nitrogen and oxygen atoms in total. The summed E-state index contributed by atoms with van der Waals surface area (Å²) in [5.41, 5.74) is 1.61. The van der Waals surface area contributed by atoms with Crippen LogP contribution in [0, 0.1) is 0 Å². The Kier molecular flexibility index (Phi) is 7.14. The number of nitrogens with one attached hydrogen (secondary N) is 1. The number of aromatic nitrogens is 2. The van der Waals surface area contributed by atoms with Crippen LogP contribution < -0.4 is 15.6 Å². The van der Waals surface area contributed by atoms with Crippen molar-refractivity contribution in [2.45, 2.75) is 59.0 Å². The lowest BCUT2D eigenvalue weighted by Crippen LogP contribution is -2.37. The number of carbonyl (C=O) groups excluding carboxylic acids is 1. The summed E-state index contributed by atoms with van der Waals surface area (Å²) in [5, 5.41) is 3.64. The van der Waals surface area contributed by atoms with Gasteiger partial charge in [0.1, 0.15) is 22.4 Å². The number of ether oxygens (including phenoxy) is 1. The maximum absolute atomic E-state index is 13.9. The largest absolute Gasteiger partial charge is 0.495 e. The Morgan fingerprint density at radius 2 is 1.97 bits per heavy atom. The molecular formula is C25H32N4O3S. The van der Waals surface area contributed by atoms with Gasteiger partial charge in [0.05, 0.1) is 24.7 Å². The lowest BCUT2D eigenvalue weighted by Gasteiger charge is -2.23. The van der Waals surface area contributed by atoms with Crippen LogP contribution in [0.3, 0.4) is 0 Å². The average molecular weight is 469 g/mol. The second kappa shape index (κ2) is 10.1. The van der Waals surface area contributed by atoms with Crippen molar-refractivity contribution in [3.63, 3.8) is 0 Å². The molecule has 8 heteroatoms. The minimum atomic E-state index is -0.719. The van der Waals surface area contributed by atoms with Crippen LogP contribution in [-0.4, -0.2) is 40.6 Å². The molecule has 0 spiro atoms. The number of amides is 1. The highest BCUT2D eigenvalue weighted by atomic mass is 32.1. The van der Waals surface area contributed by atoms with Crippen molar-refractivity contribution in [1.82, 2.24) is 14.5 Å². The van der Waals surface area contributed by atoms with Gasteiger partial charge >= 0.3 is 0 Å². The van der Waals surface area contributed by atoms with Crippen LogP contribution in [0.2, 0.25) is 0 Å². The van der Waals surface area contributed by atoms with Crippen molar-refractivity contribution in [2.24, 2.45) is 0 Å². The molecule has 2 aromatic heterocycles. The molecule has 0 saturated carbocycles. The minimum Gasteiger partial charge on any atom is -0.495 e. The molecule has 3 aromatic rings. The highest BCUT2D eigenvalue weighted by Crippen LogP contribution is 2.34. The number of benzene rings is 1. The van der Waals surface area contributed by atoms with Crippen LogP contribution in [0.1, 0.15) is 55.9 Å². The van der Waals surface area contributed by atoms with Gasteiger partial charge in [0.25, 0.3) is 5.56 Å². The standard InChI is InChI=1S/C25H32N4O3S/c1-5-28(6-2)15-21-27-24-22(17-11-7-10-14-20(17)33-24)25(31)29(21)16(3)23(30)26-18-12-8-9-13-19(18)32-4/h8-9,12-13,16H,5-7,10-11,14-15H2,1-4H3,(H,26,30). The van der Waals surface area contributed by atoms with E-state index in [1.165, 1.54) is 4.88 Å². The monoisotopic (exact) mass is 468 g/mol. The number of aryl methyl sites for hydroxylation is 2. The van der Waals surface area contributed by atoms with Gasteiger partial charge in [0.2, 0.25) is 5.91 Å². The van der Waals surface area contributed by atoms with E-state index in [1.807, 2.05) is 12.1 Å². The Morgan fingerprint density at radius 3 is 2.70 bits per heavy atom. The highest BCUT2D eigenvalue weighted by molar-refractivity contribution is 7.18. The second-order valence-corrected chi connectivity index (χ2v) is 9.50. The van der Waals surface area contributed by atoms with Crippen LogP contribution in [0.15, 0.2) is 29.1 Å². The summed E-state index contributed by atoms with van der Waals surface area (Å²) in [5.74, 6) is 0.944. The third-order valence-electron chi connectivity index (χ3n) is 6.49. The molecule has 1 atom stereocenters. The molecule has 1 N–H and O–H groups in total. The quantitative estimate of drug-likeness (QED) is 0.531. The van der Waals surface area contributed by atoms with Gasteiger partial charge in [-0.15, -0.1) is 11.3 Å². The van der Waals surface area contributed by atoms with Gasteiger partial charge in [-0.25, -0.2) is 4.98 Å². The fraction of sp³-hybridized carbons (Fsp3) is 0.480. The first-order valence-electron chi connectivity index (χ1n) is 11.7. The van der Waals surface area contributed by atoms with Crippen molar-refractivity contribution in [3.05, 3.63) is 50.9 Å². The first-order valence-corrected chi connectivity index (χ1v) is 12.5. The van der Waals surface area contributed by atoms with E-state index in [0.717, 1.165) is 49.2 Å². The molecule has 1 unspecified atom stereocenters. The number of methoxy groups -OCH3 is 1. The van der Waals surface area contributed by atoms with E-state index >= 15 is 0 Å². The van der Waals surface area contributed by atoms with Crippen molar-refractivity contribution < 1.29 is 9.53 Å². The van der Waals surface area contributed by atoms with Gasteiger partial charge in [0, 0.05) is 4.88 Å². The Balaban J connectivity index is 1.80. The summed E-state index contributed by atoms with van der Waals surface area (Å²) in [6.45, 7) is 8.15. The van der Waals surface area contributed by atoms with Crippen LogP contribution in [0.25, 0.3) is 10.2 Å². The average Bonchev–Trinajstić information content (AvgIpc) is 3.21. The third-order valence-corrected chi connectivity index (χ3v) is 7.67. The molecule has 0 saturated heterocycles. The maximum Gasteiger partial charge on any atom is 0.263 e. The molecule has 0 fully saturated rings. The Labute approximate surface area is 198 Å². The van der Waals surface area contributed by atoms with Gasteiger partial charge in [-0.3, -0.25) is 19.1 Å². The summed E-state index contributed by atoms with van der Waals surface area (Å²) in [7, 11) is 1.57. The number of nitrogens with zero attached hydrogens (tertiary/aromatic N) is 3. The van der Waals surface area contributed by atoms with E-state index in [9.17, 15) is 9.59 Å². The lowest BCUT2D eigenvalue weighted by atomic mass is 9.97. The van der Waals surface area contributed by atoms with Crippen LogP contribution in [0.4, 0.5) is 5.69 Å². The summed E-state index contributed by atoms with van der Waals surface area (Å²) < 4.78 is 6.97. The summed E-state index contributed by atoms with van der Waals surface area (Å²) in [6, 6.07) is 6.56. The van der Waals surface area contributed by atoms with E-state index in [0.29, 0.717) is 29.2 Å². The van der Waals surface area contributed by atoms with E-state index in [1.54, 1.807) is 42.1 Å². The van der Waals surface area contributed by atoms with Crippen LogP contribution >= 0.6 is 11.3 Å². The number of thiophene rings is 1. The molecule has 1 aliphatic rings. The number of hydrogen-bond donors (Lipinski definition) is 1. The Bertz CT molecular complexity index is 1210. The van der Waals surface area contributed by atoms with Crippen molar-refractivity contribution in [1.29, 1.82) is 0 Å². The van der Waals surface area contributed by atoms with Gasteiger partial charge in [-0.1, -0.05) is 26.0 Å². The van der Waals surface area contributed by atoms with Gasteiger partial charge in [-0.05, 0) is 63.4 Å². The molecule has 2 heterocycles. The lowest BCUT2D eigenvalue weighted by molar-refractivity contribution is -0.119. The summed E-state index contributed by atoms with van der Waals surface area (Å²) >= 11 is 1.65. The topological polar surface area (TPSA) is 76.5 Å². The third kappa shape index (κ3) is 4.54. The molecule has 1 aliphatic carbocycles. The van der Waals surface area contributed by atoms with Crippen molar-refractivity contribution in [3.8, 4) is 5.75 Å². The molecule has 1 amide bonds. The first-order chi connectivity index (χ1) is 16.0. The summed E-state index contributed by atoms with van der Waals surface area (Å²) in [6.07, 6.45) is 4.15. The molecule has 0 aliphatic heterocycles. The zero-order chi connectivity index (χ0) is 23.5. The van der Waals surface area contributed by atoms with Gasteiger partial charge in [0.15, 0.2) is 0 Å². The molecule has 0 bridgehead atoms. The zero-order valence-electron chi connectivity index (χ0n) is 19.8. The highest BCUT2D eigenvalue weighted by Gasteiger charge is 2.27. The van der Waals surface area contributed by atoms with Crippen LogP contribution in [0.5, 0.6) is 5.75 Å². The number of hydrogen-bond acceptors (Lipinski definition) is 6. The molecule has 1 aromatic carbocycles. The number of para-hydroxylation sites is 2.